The molecule has 28 heavy (non-hydrogen) atoms. The van der Waals surface area contributed by atoms with E-state index in [1.54, 1.807) is 9.80 Å². The van der Waals surface area contributed by atoms with Crippen molar-refractivity contribution in [3.8, 4) is 0 Å². The first-order chi connectivity index (χ1) is 12.5. The first-order valence-electron chi connectivity index (χ1n) is 9.62. The van der Waals surface area contributed by atoms with E-state index in [4.69, 9.17) is 0 Å². The molecule has 1 aromatic rings. The highest BCUT2D eigenvalue weighted by atomic mass is 16.2. The lowest BCUT2D eigenvalue weighted by Gasteiger charge is -2.39. The molecular formula is C22H32N4O2. The van der Waals surface area contributed by atoms with Gasteiger partial charge in [-0.05, 0) is 86.4 Å². The highest BCUT2D eigenvalue weighted by Crippen LogP contribution is 2.45. The van der Waals surface area contributed by atoms with Crippen molar-refractivity contribution in [3.05, 3.63) is 37.1 Å². The van der Waals surface area contributed by atoms with Crippen molar-refractivity contribution in [2.75, 3.05) is 9.80 Å². The molecule has 0 aliphatic carbocycles. The summed E-state index contributed by atoms with van der Waals surface area (Å²) in [5, 5.41) is 6.78. The van der Waals surface area contributed by atoms with Crippen molar-refractivity contribution in [1.29, 1.82) is 0 Å². The molecule has 0 unspecified atom stereocenters. The summed E-state index contributed by atoms with van der Waals surface area (Å²) in [4.78, 5) is 30.1. The Balaban J connectivity index is 2.29. The maximum absolute atomic E-state index is 13.3. The molecule has 6 heteroatoms. The van der Waals surface area contributed by atoms with Gasteiger partial charge in [-0.2, -0.15) is 0 Å². The smallest absolute Gasteiger partial charge is 0.248 e. The maximum atomic E-state index is 13.3. The highest BCUT2D eigenvalue weighted by Gasteiger charge is 2.54. The molecule has 2 amide bonds. The number of rotatable bonds is 2. The standard InChI is InChI=1S/C22H32N4O2/c1-13-11-12-15(25-17(27)19(3,4)23-21(25,7)8)16(14(13)2)26-18(28)20(5,6)24-22(26,9)10/h11-12,23-24H,1-2H2,3-10H3. The molecule has 2 radical (unpaired) electrons. The molecule has 2 heterocycles. The lowest BCUT2D eigenvalue weighted by atomic mass is 10.00. The molecule has 2 fully saturated rings. The summed E-state index contributed by atoms with van der Waals surface area (Å²) in [6.45, 7) is 23.6. The van der Waals surface area contributed by atoms with Crippen LogP contribution in [0.3, 0.4) is 0 Å². The fourth-order valence-corrected chi connectivity index (χ4v) is 4.70. The molecule has 0 bridgehead atoms. The van der Waals surface area contributed by atoms with Crippen LogP contribution in [0.25, 0.3) is 0 Å². The topological polar surface area (TPSA) is 64.7 Å². The fraction of sp³-hybridized carbons (Fsp3) is 0.545. The van der Waals surface area contributed by atoms with Crippen LogP contribution in [0.1, 0.15) is 66.5 Å². The van der Waals surface area contributed by atoms with Crippen molar-refractivity contribution in [3.63, 3.8) is 0 Å². The Kier molecular flexibility index (Phi) is 4.31. The van der Waals surface area contributed by atoms with Crippen LogP contribution in [0.2, 0.25) is 0 Å². The van der Waals surface area contributed by atoms with Gasteiger partial charge in [-0.15, -0.1) is 0 Å². The highest BCUT2D eigenvalue weighted by molar-refractivity contribution is 6.11. The van der Waals surface area contributed by atoms with Crippen LogP contribution in [-0.2, 0) is 9.59 Å². The molecule has 152 valence electrons. The minimum absolute atomic E-state index is 0.0494. The number of nitrogens with zero attached hydrogens (tertiary/aromatic N) is 2. The van der Waals surface area contributed by atoms with Gasteiger partial charge in [-0.25, -0.2) is 0 Å². The van der Waals surface area contributed by atoms with E-state index in [2.05, 4.69) is 24.5 Å². The van der Waals surface area contributed by atoms with E-state index in [9.17, 15) is 9.59 Å². The van der Waals surface area contributed by atoms with Gasteiger partial charge in [-0.3, -0.25) is 30.0 Å². The Labute approximate surface area is 168 Å². The third-order valence-corrected chi connectivity index (χ3v) is 5.65. The Morgan fingerprint density at radius 1 is 0.750 bits per heavy atom. The molecule has 2 saturated heterocycles. The van der Waals surface area contributed by atoms with E-state index in [-0.39, 0.29) is 11.8 Å². The molecule has 2 aliphatic rings. The van der Waals surface area contributed by atoms with Crippen molar-refractivity contribution in [1.82, 2.24) is 10.6 Å². The Morgan fingerprint density at radius 3 is 1.57 bits per heavy atom. The normalized spacial score (nSPS) is 24.9. The van der Waals surface area contributed by atoms with Crippen LogP contribution in [0.4, 0.5) is 11.4 Å². The maximum Gasteiger partial charge on any atom is 0.248 e. The quantitative estimate of drug-likeness (QED) is 0.823. The summed E-state index contributed by atoms with van der Waals surface area (Å²) in [6.07, 6.45) is 0. The van der Waals surface area contributed by atoms with Crippen LogP contribution >= 0.6 is 0 Å². The van der Waals surface area contributed by atoms with Crippen LogP contribution in [0, 0.1) is 13.8 Å². The van der Waals surface area contributed by atoms with Gasteiger partial charge in [0.2, 0.25) is 11.8 Å². The monoisotopic (exact) mass is 384 g/mol. The van der Waals surface area contributed by atoms with E-state index in [0.29, 0.717) is 16.9 Å². The summed E-state index contributed by atoms with van der Waals surface area (Å²) in [6, 6.07) is 3.71. The summed E-state index contributed by atoms with van der Waals surface area (Å²) in [5.41, 5.74) is -0.0609. The summed E-state index contributed by atoms with van der Waals surface area (Å²) >= 11 is 0. The van der Waals surface area contributed by atoms with Crippen molar-refractivity contribution in [2.45, 2.75) is 77.8 Å². The zero-order valence-corrected chi connectivity index (χ0v) is 18.3. The van der Waals surface area contributed by atoms with Gasteiger partial charge in [0.25, 0.3) is 0 Å². The number of amides is 2. The molecular weight excluding hydrogens is 352 g/mol. The lowest BCUT2D eigenvalue weighted by Crippen LogP contribution is -2.51. The number of carbonyl (C=O) groups is 2. The first-order valence-corrected chi connectivity index (χ1v) is 9.62. The van der Waals surface area contributed by atoms with Gasteiger partial charge in [0.05, 0.1) is 33.8 Å². The van der Waals surface area contributed by atoms with Crippen molar-refractivity contribution >= 4 is 23.2 Å². The van der Waals surface area contributed by atoms with Gasteiger partial charge < -0.3 is 0 Å². The van der Waals surface area contributed by atoms with E-state index < -0.39 is 22.4 Å². The van der Waals surface area contributed by atoms with Gasteiger partial charge in [-0.1, -0.05) is 6.07 Å². The van der Waals surface area contributed by atoms with Crippen molar-refractivity contribution < 1.29 is 9.59 Å². The molecule has 1 aromatic carbocycles. The summed E-state index contributed by atoms with van der Waals surface area (Å²) < 4.78 is 0. The molecule has 2 aliphatic heterocycles. The second-order valence-corrected chi connectivity index (χ2v) is 9.97. The Morgan fingerprint density at radius 2 is 1.18 bits per heavy atom. The minimum atomic E-state index is -0.730. The predicted octanol–water partition coefficient (Wildman–Crippen LogP) is 2.95. The van der Waals surface area contributed by atoms with Gasteiger partial charge in [0, 0.05) is 0 Å². The Hall–Kier alpha value is -1.92. The van der Waals surface area contributed by atoms with Gasteiger partial charge >= 0.3 is 0 Å². The molecule has 0 atom stereocenters. The van der Waals surface area contributed by atoms with Gasteiger partial charge in [0.1, 0.15) is 0 Å². The zero-order chi connectivity index (χ0) is 21.4. The lowest BCUT2D eigenvalue weighted by molar-refractivity contribution is -0.122. The number of nitrogens with one attached hydrogen (secondary N) is 2. The number of anilines is 2. The third kappa shape index (κ3) is 2.85. The molecule has 2 N–H and O–H groups in total. The van der Waals surface area contributed by atoms with E-state index in [1.165, 1.54) is 0 Å². The summed E-state index contributed by atoms with van der Waals surface area (Å²) in [5.74, 6) is -0.113. The molecule has 0 aromatic heterocycles. The number of carbonyl (C=O) groups excluding carboxylic acids is 2. The van der Waals surface area contributed by atoms with Crippen molar-refractivity contribution in [2.24, 2.45) is 0 Å². The molecule has 3 rings (SSSR count). The molecule has 6 nitrogen and oxygen atoms in total. The average molecular weight is 385 g/mol. The number of hydrogen-bond acceptors (Lipinski definition) is 4. The van der Waals surface area contributed by atoms with Crippen LogP contribution in [-0.4, -0.2) is 34.2 Å². The van der Waals surface area contributed by atoms with E-state index in [0.717, 1.165) is 5.56 Å². The second kappa shape index (κ2) is 5.80. The average Bonchev–Trinajstić information content (AvgIpc) is 2.77. The van der Waals surface area contributed by atoms with E-state index >= 15 is 0 Å². The molecule has 0 saturated carbocycles. The fourth-order valence-electron chi connectivity index (χ4n) is 4.70. The SMILES string of the molecule is [CH2]c1ccc(N2C(=O)C(C)(C)NC2(C)C)c(N2C(=O)C(C)(C)NC2(C)C)c1[CH2]. The van der Waals surface area contributed by atoms with Crippen LogP contribution in [0.5, 0.6) is 0 Å². The second-order valence-electron chi connectivity index (χ2n) is 9.97. The summed E-state index contributed by atoms with van der Waals surface area (Å²) in [7, 11) is 0. The minimum Gasteiger partial charge on any atom is -0.290 e. The first kappa shape index (κ1) is 20.8. The van der Waals surface area contributed by atoms with E-state index in [1.807, 2.05) is 67.5 Å². The molecule has 0 spiro atoms. The van der Waals surface area contributed by atoms with Crippen LogP contribution < -0.4 is 20.4 Å². The zero-order valence-electron chi connectivity index (χ0n) is 18.3. The number of benzene rings is 1. The third-order valence-electron chi connectivity index (χ3n) is 5.65. The largest absolute Gasteiger partial charge is 0.290 e. The number of hydrogen-bond donors (Lipinski definition) is 2. The van der Waals surface area contributed by atoms with Gasteiger partial charge in [0.15, 0.2) is 0 Å². The predicted molar refractivity (Wildman–Crippen MR) is 113 cm³/mol. The van der Waals surface area contributed by atoms with Crippen LogP contribution in [0.15, 0.2) is 12.1 Å². The Bertz CT molecular complexity index is 868.